The normalized spacial score (nSPS) is 15.0. The van der Waals surface area contributed by atoms with E-state index in [0.29, 0.717) is 0 Å². The van der Waals surface area contributed by atoms with E-state index in [1.54, 1.807) is 0 Å². The molecule has 4 heteroatoms. The zero-order chi connectivity index (χ0) is 32.6. The smallest absolute Gasteiger partial charge is 0.174 e. The molecule has 0 N–H and O–H groups in total. The summed E-state index contributed by atoms with van der Waals surface area (Å²) in [4.78, 5) is 7.63. The summed E-state index contributed by atoms with van der Waals surface area (Å²) in [7, 11) is 0. The van der Waals surface area contributed by atoms with E-state index in [1.165, 1.54) is 67.4 Å². The van der Waals surface area contributed by atoms with Crippen LogP contribution in [0.2, 0.25) is 0 Å². The minimum atomic E-state index is -0.165. The topological polar surface area (TPSA) is 29.0 Å². The largest absolute Gasteiger partial charge is 0.310 e. The van der Waals surface area contributed by atoms with Crippen LogP contribution in [0.1, 0.15) is 49.9 Å². The number of hydrogen-bond acceptors (Lipinski definition) is 4. The molecule has 2 heterocycles. The summed E-state index contributed by atoms with van der Waals surface area (Å²) in [6.45, 7) is 9.29. The van der Waals surface area contributed by atoms with Crippen LogP contribution < -0.4 is 4.90 Å². The Labute approximate surface area is 286 Å². The van der Waals surface area contributed by atoms with Crippen LogP contribution in [0.3, 0.4) is 0 Å². The lowest BCUT2D eigenvalue weighted by Gasteiger charge is -2.42. The highest BCUT2D eigenvalue weighted by molar-refractivity contribution is 7.09. The molecule has 0 fully saturated rings. The first-order chi connectivity index (χ1) is 23.3. The summed E-state index contributed by atoms with van der Waals surface area (Å²) >= 11 is 1.48. The number of aromatic nitrogens is 2. The van der Waals surface area contributed by atoms with Crippen LogP contribution >= 0.6 is 11.5 Å². The van der Waals surface area contributed by atoms with Gasteiger partial charge >= 0.3 is 0 Å². The maximum Gasteiger partial charge on any atom is 0.174 e. The van der Waals surface area contributed by atoms with E-state index in [4.69, 9.17) is 9.36 Å². The van der Waals surface area contributed by atoms with Crippen molar-refractivity contribution in [2.45, 2.75) is 38.5 Å². The molecular weight excluding hydrogens is 603 g/mol. The fraction of sp³-hybridized carbons (Fsp3) is 0.136. The Bertz CT molecular complexity index is 2350. The van der Waals surface area contributed by atoms with Crippen LogP contribution in [-0.4, -0.2) is 9.36 Å². The van der Waals surface area contributed by atoms with Crippen LogP contribution in [0.5, 0.6) is 0 Å². The van der Waals surface area contributed by atoms with Gasteiger partial charge in [-0.1, -0.05) is 143 Å². The monoisotopic (exact) mass is 637 g/mol. The van der Waals surface area contributed by atoms with E-state index in [-0.39, 0.29) is 10.8 Å². The lowest BCUT2D eigenvalue weighted by atomic mass is 9.73. The molecule has 1 aliphatic heterocycles. The number of benzene rings is 6. The Hall–Kier alpha value is -5.32. The number of fused-ring (bicyclic) bond motifs is 5. The first kappa shape index (κ1) is 28.9. The van der Waals surface area contributed by atoms with Gasteiger partial charge in [0.25, 0.3) is 0 Å². The Kier molecular flexibility index (Phi) is 6.37. The van der Waals surface area contributed by atoms with Crippen molar-refractivity contribution in [2.75, 3.05) is 4.90 Å². The SMILES string of the molecule is CC1(C)c2ccccc2N(c2ccc(-c3ccccc3)cc2)c2cc(-c3nc(-c4cccc5c4-c4ccccc4C5(C)C)ns3)ccc21. The molecule has 0 spiro atoms. The van der Waals surface area contributed by atoms with Crippen molar-refractivity contribution < 1.29 is 0 Å². The summed E-state index contributed by atoms with van der Waals surface area (Å²) in [6.07, 6.45) is 0. The zero-order valence-corrected chi connectivity index (χ0v) is 28.3. The van der Waals surface area contributed by atoms with Crippen molar-refractivity contribution >= 4 is 28.6 Å². The fourth-order valence-corrected chi connectivity index (χ4v) is 8.62. The molecule has 0 radical (unpaired) electrons. The third-order valence-corrected chi connectivity index (χ3v) is 11.2. The lowest BCUT2D eigenvalue weighted by Crippen LogP contribution is -2.30. The van der Waals surface area contributed by atoms with Gasteiger partial charge < -0.3 is 4.90 Å². The summed E-state index contributed by atoms with van der Waals surface area (Å²) in [6, 6.07) is 50.5. The number of hydrogen-bond donors (Lipinski definition) is 0. The molecule has 0 unspecified atom stereocenters. The second kappa shape index (κ2) is 10.6. The van der Waals surface area contributed by atoms with Gasteiger partial charge in [0.05, 0.1) is 11.4 Å². The number of para-hydroxylation sites is 1. The van der Waals surface area contributed by atoms with E-state index >= 15 is 0 Å². The summed E-state index contributed by atoms with van der Waals surface area (Å²) in [5.41, 5.74) is 15.7. The highest BCUT2D eigenvalue weighted by atomic mass is 32.1. The number of rotatable bonds is 4. The molecule has 3 nitrogen and oxygen atoms in total. The van der Waals surface area contributed by atoms with E-state index in [1.807, 2.05) is 0 Å². The predicted octanol–water partition coefficient (Wildman–Crippen LogP) is 12.0. The fourth-order valence-electron chi connectivity index (χ4n) is 7.95. The molecule has 7 aromatic rings. The van der Waals surface area contributed by atoms with Crippen LogP contribution in [-0.2, 0) is 10.8 Å². The third-order valence-electron chi connectivity index (χ3n) is 10.5. The van der Waals surface area contributed by atoms with Crippen LogP contribution in [0.25, 0.3) is 44.2 Å². The minimum Gasteiger partial charge on any atom is -0.310 e. The molecular formula is C44H35N3S. The third kappa shape index (κ3) is 4.26. The second-order valence-corrected chi connectivity index (χ2v) is 14.7. The molecule has 232 valence electrons. The molecule has 1 aliphatic carbocycles. The molecule has 9 rings (SSSR count). The molecule has 0 saturated heterocycles. The first-order valence-corrected chi connectivity index (χ1v) is 17.4. The standard InChI is InChI=1S/C44H35N3S/c1-43(2)34-17-9-8-15-32(34)40-33(16-12-19-37(40)43)41-45-42(48-46-41)30-23-26-36-39(27-30)47(38-20-11-10-18-35(38)44(36,3)4)31-24-21-29(22-25-31)28-13-6-5-7-14-28/h5-27H,1-4H3. The van der Waals surface area contributed by atoms with Gasteiger partial charge in [0.2, 0.25) is 0 Å². The van der Waals surface area contributed by atoms with Gasteiger partial charge in [-0.25, -0.2) is 4.98 Å². The van der Waals surface area contributed by atoms with Crippen molar-refractivity contribution in [3.05, 3.63) is 162 Å². The van der Waals surface area contributed by atoms with Crippen LogP contribution in [0, 0.1) is 0 Å². The quantitative estimate of drug-likeness (QED) is 0.192. The molecule has 0 atom stereocenters. The highest BCUT2D eigenvalue weighted by Crippen LogP contribution is 2.54. The zero-order valence-electron chi connectivity index (χ0n) is 27.5. The molecule has 0 bridgehead atoms. The van der Waals surface area contributed by atoms with E-state index in [9.17, 15) is 0 Å². The van der Waals surface area contributed by atoms with E-state index in [0.717, 1.165) is 27.6 Å². The molecule has 1 aromatic heterocycles. The lowest BCUT2D eigenvalue weighted by molar-refractivity contribution is 0.632. The van der Waals surface area contributed by atoms with E-state index in [2.05, 4.69) is 172 Å². The molecule has 0 amide bonds. The van der Waals surface area contributed by atoms with Crippen molar-refractivity contribution in [1.82, 2.24) is 9.36 Å². The first-order valence-electron chi connectivity index (χ1n) is 16.6. The average molecular weight is 638 g/mol. The maximum absolute atomic E-state index is 5.21. The molecule has 6 aromatic carbocycles. The predicted molar refractivity (Wildman–Crippen MR) is 201 cm³/mol. The van der Waals surface area contributed by atoms with Gasteiger partial charge in [0, 0.05) is 27.6 Å². The molecule has 2 aliphatic rings. The summed E-state index contributed by atoms with van der Waals surface area (Å²) < 4.78 is 4.97. The second-order valence-electron chi connectivity index (χ2n) is 13.9. The van der Waals surface area contributed by atoms with Gasteiger partial charge in [-0.05, 0) is 80.3 Å². The highest BCUT2D eigenvalue weighted by Gasteiger charge is 2.38. The van der Waals surface area contributed by atoms with Crippen LogP contribution in [0.15, 0.2) is 140 Å². The van der Waals surface area contributed by atoms with Gasteiger partial charge in [-0.2, -0.15) is 4.37 Å². The van der Waals surface area contributed by atoms with Gasteiger partial charge in [0.1, 0.15) is 5.01 Å². The van der Waals surface area contributed by atoms with Gasteiger partial charge in [-0.3, -0.25) is 0 Å². The number of nitrogens with zero attached hydrogens (tertiary/aromatic N) is 3. The van der Waals surface area contributed by atoms with Crippen molar-refractivity contribution in [3.8, 4) is 44.2 Å². The Morgan fingerprint density at radius 3 is 1.92 bits per heavy atom. The van der Waals surface area contributed by atoms with Gasteiger partial charge in [0.15, 0.2) is 5.82 Å². The average Bonchev–Trinajstić information content (AvgIpc) is 3.71. The Balaban J connectivity index is 1.16. The number of anilines is 3. The summed E-state index contributed by atoms with van der Waals surface area (Å²) in [5.74, 6) is 0.788. The van der Waals surface area contributed by atoms with Gasteiger partial charge in [-0.15, -0.1) is 0 Å². The molecule has 48 heavy (non-hydrogen) atoms. The molecule has 0 saturated carbocycles. The maximum atomic E-state index is 5.21. The van der Waals surface area contributed by atoms with Crippen molar-refractivity contribution in [2.24, 2.45) is 0 Å². The minimum absolute atomic E-state index is 0.0644. The Morgan fingerprint density at radius 1 is 0.500 bits per heavy atom. The van der Waals surface area contributed by atoms with Crippen LogP contribution in [0.4, 0.5) is 17.1 Å². The van der Waals surface area contributed by atoms with Crippen molar-refractivity contribution in [1.29, 1.82) is 0 Å². The Morgan fingerprint density at radius 2 is 1.10 bits per heavy atom. The van der Waals surface area contributed by atoms with E-state index < -0.39 is 0 Å². The van der Waals surface area contributed by atoms with Crippen molar-refractivity contribution in [3.63, 3.8) is 0 Å². The summed E-state index contributed by atoms with van der Waals surface area (Å²) in [5, 5.41) is 0.923.